The zero-order chi connectivity index (χ0) is 19.1. The van der Waals surface area contributed by atoms with E-state index in [1.807, 2.05) is 25.3 Å². The van der Waals surface area contributed by atoms with Crippen molar-refractivity contribution in [1.82, 2.24) is 25.1 Å². The first-order chi connectivity index (χ1) is 13.7. The maximum Gasteiger partial charge on any atom is 0.229 e. The zero-order valence-electron chi connectivity index (χ0n) is 16.3. The van der Waals surface area contributed by atoms with Gasteiger partial charge in [0.05, 0.1) is 0 Å². The summed E-state index contributed by atoms with van der Waals surface area (Å²) < 4.78 is 5.45. The van der Waals surface area contributed by atoms with E-state index < -0.39 is 0 Å². The zero-order valence-corrected chi connectivity index (χ0v) is 16.3. The van der Waals surface area contributed by atoms with Crippen LogP contribution in [-0.4, -0.2) is 38.2 Å². The predicted molar refractivity (Wildman–Crippen MR) is 105 cm³/mol. The van der Waals surface area contributed by atoms with Gasteiger partial charge in [-0.15, -0.1) is 0 Å². The van der Waals surface area contributed by atoms with Crippen molar-refractivity contribution in [3.05, 3.63) is 47.5 Å². The largest absolute Gasteiger partial charge is 0.356 e. The number of anilines is 1. The summed E-state index contributed by atoms with van der Waals surface area (Å²) in [5, 5.41) is 4.25. The van der Waals surface area contributed by atoms with E-state index in [0.717, 1.165) is 66.1 Å². The molecule has 0 aromatic carbocycles. The van der Waals surface area contributed by atoms with E-state index >= 15 is 0 Å². The van der Waals surface area contributed by atoms with Gasteiger partial charge in [-0.05, 0) is 51.7 Å². The minimum atomic E-state index is 0.369. The third kappa shape index (κ3) is 3.25. The van der Waals surface area contributed by atoms with Crippen LogP contribution < -0.4 is 4.90 Å². The van der Waals surface area contributed by atoms with Crippen molar-refractivity contribution in [3.8, 4) is 11.4 Å². The molecule has 1 saturated carbocycles. The van der Waals surface area contributed by atoms with Crippen LogP contribution in [0.3, 0.4) is 0 Å². The lowest BCUT2D eigenvalue weighted by Crippen LogP contribution is -2.34. The highest BCUT2D eigenvalue weighted by atomic mass is 16.5. The predicted octanol–water partition coefficient (Wildman–Crippen LogP) is 3.80. The molecule has 3 aromatic heterocycles. The fraction of sp³-hybridized carbons (Fsp3) is 0.476. The number of nitrogens with zero attached hydrogens (tertiary/aromatic N) is 6. The molecule has 1 saturated heterocycles. The van der Waals surface area contributed by atoms with Gasteiger partial charge < -0.3 is 9.42 Å². The molecule has 3 aromatic rings. The van der Waals surface area contributed by atoms with Crippen molar-refractivity contribution in [2.45, 2.75) is 51.4 Å². The summed E-state index contributed by atoms with van der Waals surface area (Å²) in [6.07, 6.45) is 7.97. The van der Waals surface area contributed by atoms with E-state index in [0.29, 0.717) is 11.8 Å². The molecule has 28 heavy (non-hydrogen) atoms. The summed E-state index contributed by atoms with van der Waals surface area (Å²) >= 11 is 0. The molecular formula is C21H24N6O. The number of rotatable bonds is 4. The lowest BCUT2D eigenvalue weighted by molar-refractivity contribution is 0.364. The average Bonchev–Trinajstić information content (AvgIpc) is 3.47. The highest BCUT2D eigenvalue weighted by Gasteiger charge is 2.32. The van der Waals surface area contributed by atoms with Crippen LogP contribution in [0.5, 0.6) is 0 Å². The van der Waals surface area contributed by atoms with Crippen LogP contribution in [0.1, 0.15) is 60.5 Å². The minimum absolute atomic E-state index is 0.369. The van der Waals surface area contributed by atoms with Crippen molar-refractivity contribution in [2.24, 2.45) is 0 Å². The molecule has 0 radical (unpaired) electrons. The Morgan fingerprint density at radius 2 is 1.82 bits per heavy atom. The monoisotopic (exact) mass is 376 g/mol. The Kier molecular flexibility index (Phi) is 4.30. The molecule has 4 heterocycles. The van der Waals surface area contributed by atoms with Gasteiger partial charge in [-0.3, -0.25) is 4.98 Å². The van der Waals surface area contributed by atoms with E-state index in [2.05, 4.69) is 31.9 Å². The Balaban J connectivity index is 1.34. The molecule has 0 spiro atoms. The van der Waals surface area contributed by atoms with Gasteiger partial charge in [0.1, 0.15) is 5.82 Å². The van der Waals surface area contributed by atoms with Crippen LogP contribution in [0, 0.1) is 13.8 Å². The maximum absolute atomic E-state index is 5.45. The Morgan fingerprint density at radius 3 is 2.54 bits per heavy atom. The topological polar surface area (TPSA) is 80.8 Å². The molecule has 0 amide bonds. The number of piperidine rings is 1. The molecular weight excluding hydrogens is 352 g/mol. The van der Waals surface area contributed by atoms with E-state index in [9.17, 15) is 0 Å². The fourth-order valence-corrected chi connectivity index (χ4v) is 3.80. The maximum atomic E-state index is 5.45. The molecule has 2 fully saturated rings. The van der Waals surface area contributed by atoms with Gasteiger partial charge in [0.25, 0.3) is 0 Å². The van der Waals surface area contributed by atoms with Crippen molar-refractivity contribution in [1.29, 1.82) is 0 Å². The Morgan fingerprint density at radius 1 is 1.00 bits per heavy atom. The highest BCUT2D eigenvalue weighted by molar-refractivity contribution is 5.59. The highest BCUT2D eigenvalue weighted by Crippen LogP contribution is 2.40. The van der Waals surface area contributed by atoms with Gasteiger partial charge in [-0.1, -0.05) is 5.16 Å². The molecule has 7 heteroatoms. The fourth-order valence-electron chi connectivity index (χ4n) is 3.80. The third-order valence-corrected chi connectivity index (χ3v) is 5.83. The molecule has 0 bridgehead atoms. The quantitative estimate of drug-likeness (QED) is 0.685. The molecule has 5 rings (SSSR count). The normalized spacial score (nSPS) is 17.9. The van der Waals surface area contributed by atoms with Crippen LogP contribution in [0.25, 0.3) is 11.4 Å². The van der Waals surface area contributed by atoms with Crippen molar-refractivity contribution in [3.63, 3.8) is 0 Å². The molecule has 0 atom stereocenters. The van der Waals surface area contributed by atoms with Crippen molar-refractivity contribution >= 4 is 5.82 Å². The van der Waals surface area contributed by atoms with Gasteiger partial charge in [-0.25, -0.2) is 9.97 Å². The number of hydrogen-bond donors (Lipinski definition) is 0. The van der Waals surface area contributed by atoms with Crippen LogP contribution in [-0.2, 0) is 0 Å². The number of aryl methyl sites for hydroxylation is 1. The summed E-state index contributed by atoms with van der Waals surface area (Å²) in [6, 6.07) is 3.92. The first kappa shape index (κ1) is 17.3. The van der Waals surface area contributed by atoms with Gasteiger partial charge in [0.15, 0.2) is 11.6 Å². The lowest BCUT2D eigenvalue weighted by Gasteiger charge is -2.32. The van der Waals surface area contributed by atoms with Crippen molar-refractivity contribution < 1.29 is 4.52 Å². The summed E-state index contributed by atoms with van der Waals surface area (Å²) in [4.78, 5) is 20.8. The second kappa shape index (κ2) is 6.96. The Bertz CT molecular complexity index is 974. The Hall–Kier alpha value is -2.83. The van der Waals surface area contributed by atoms with Crippen LogP contribution in [0.15, 0.2) is 29.0 Å². The molecule has 144 valence electrons. The van der Waals surface area contributed by atoms with Gasteiger partial charge in [0.2, 0.25) is 5.89 Å². The van der Waals surface area contributed by atoms with Crippen LogP contribution >= 0.6 is 0 Å². The van der Waals surface area contributed by atoms with Gasteiger partial charge in [0, 0.05) is 54.1 Å². The summed E-state index contributed by atoms with van der Waals surface area (Å²) in [5.74, 6) is 4.36. The lowest BCUT2D eigenvalue weighted by atomic mass is 9.96. The third-order valence-electron chi connectivity index (χ3n) is 5.83. The Labute approximate surface area is 164 Å². The molecule has 1 aliphatic heterocycles. The van der Waals surface area contributed by atoms with Crippen molar-refractivity contribution in [2.75, 3.05) is 18.0 Å². The van der Waals surface area contributed by atoms with Crippen LogP contribution in [0.4, 0.5) is 5.82 Å². The summed E-state index contributed by atoms with van der Waals surface area (Å²) in [6.45, 7) is 6.01. The average molecular weight is 376 g/mol. The molecule has 1 aliphatic carbocycles. The summed E-state index contributed by atoms with van der Waals surface area (Å²) in [5.41, 5.74) is 3.10. The van der Waals surface area contributed by atoms with Gasteiger partial charge in [-0.2, -0.15) is 4.98 Å². The number of aromatic nitrogens is 5. The minimum Gasteiger partial charge on any atom is -0.356 e. The molecule has 7 nitrogen and oxygen atoms in total. The molecule has 0 N–H and O–H groups in total. The van der Waals surface area contributed by atoms with E-state index in [1.165, 1.54) is 12.8 Å². The van der Waals surface area contributed by atoms with Gasteiger partial charge >= 0.3 is 0 Å². The standard InChI is InChI=1S/C21H24N6O/c1-13-14(2)23-18(17-4-3-9-22-12-17)24-20(13)27-10-7-15(8-11-27)19-25-21(28-26-19)16-5-6-16/h3-4,9,12,15-16H,5-8,10-11H2,1-2H3. The number of pyridine rings is 1. The molecule has 2 aliphatic rings. The van der Waals surface area contributed by atoms with E-state index in [-0.39, 0.29) is 0 Å². The SMILES string of the molecule is Cc1nc(-c2cccnc2)nc(N2CCC(c3noc(C4CC4)n3)CC2)c1C. The summed E-state index contributed by atoms with van der Waals surface area (Å²) in [7, 11) is 0. The second-order valence-electron chi connectivity index (χ2n) is 7.85. The van der Waals surface area contributed by atoms with Crippen LogP contribution in [0.2, 0.25) is 0 Å². The first-order valence-electron chi connectivity index (χ1n) is 10.0. The van der Waals surface area contributed by atoms with E-state index in [1.54, 1.807) is 6.20 Å². The van der Waals surface area contributed by atoms with E-state index in [4.69, 9.17) is 9.51 Å². The second-order valence-corrected chi connectivity index (χ2v) is 7.85. The smallest absolute Gasteiger partial charge is 0.229 e. The first-order valence-corrected chi connectivity index (χ1v) is 10.0. The molecule has 0 unspecified atom stereocenters. The number of hydrogen-bond acceptors (Lipinski definition) is 7.